The number of carbonyl (C=O) groups is 2. The molecule has 1 saturated heterocycles. The van der Waals surface area contributed by atoms with Gasteiger partial charge in [0, 0.05) is 49.4 Å². The van der Waals surface area contributed by atoms with E-state index < -0.39 is 34.4 Å². The number of hydrogen-bond donors (Lipinski definition) is 1. The number of carbonyl (C=O) groups excluding carboxylic acids is 1. The molecular weight excluding hydrogens is 549 g/mol. The second-order valence-electron chi connectivity index (χ2n) is 12.3. The van der Waals surface area contributed by atoms with Gasteiger partial charge in [0.05, 0.1) is 28.7 Å². The fourth-order valence-corrected chi connectivity index (χ4v) is 5.99. The van der Waals surface area contributed by atoms with Crippen LogP contribution < -0.4 is 9.80 Å². The third-order valence-electron chi connectivity index (χ3n) is 8.27. The van der Waals surface area contributed by atoms with Crippen LogP contribution >= 0.6 is 0 Å². The van der Waals surface area contributed by atoms with Crippen molar-refractivity contribution in [1.82, 2.24) is 19.9 Å². The van der Waals surface area contributed by atoms with Gasteiger partial charge in [-0.1, -0.05) is 13.8 Å². The van der Waals surface area contributed by atoms with Crippen molar-refractivity contribution < 1.29 is 27.9 Å². The van der Waals surface area contributed by atoms with Crippen molar-refractivity contribution in [3.05, 3.63) is 69.6 Å². The van der Waals surface area contributed by atoms with E-state index in [9.17, 15) is 27.9 Å². The lowest BCUT2D eigenvalue weighted by Crippen LogP contribution is -2.61. The van der Waals surface area contributed by atoms with Gasteiger partial charge in [0.2, 0.25) is 0 Å². The topological polar surface area (TPSA) is 103 Å². The molecule has 2 aliphatic heterocycles. The molecule has 0 atom stereocenters. The molecule has 0 unspecified atom stereocenters. The van der Waals surface area contributed by atoms with Crippen LogP contribution in [0, 0.1) is 38.2 Å². The van der Waals surface area contributed by atoms with Crippen LogP contribution in [-0.4, -0.2) is 68.6 Å². The highest BCUT2D eigenvalue weighted by atomic mass is 19.2. The van der Waals surface area contributed by atoms with Crippen molar-refractivity contribution in [3.63, 3.8) is 0 Å². The minimum Gasteiger partial charge on any atom is -0.478 e. The lowest BCUT2D eigenvalue weighted by atomic mass is 9.92. The zero-order valence-corrected chi connectivity index (χ0v) is 24.6. The summed E-state index contributed by atoms with van der Waals surface area (Å²) in [6.45, 7) is 14.6. The van der Waals surface area contributed by atoms with Crippen molar-refractivity contribution in [2.45, 2.75) is 59.4 Å². The number of anilines is 3. The quantitative estimate of drug-likeness (QED) is 0.425. The molecule has 12 heteroatoms. The highest BCUT2D eigenvalue weighted by molar-refractivity contribution is 5.93. The lowest BCUT2D eigenvalue weighted by molar-refractivity contribution is 0.0505. The first kappa shape index (κ1) is 29.3. The molecule has 4 heterocycles. The number of carboxylic acid groups (broad SMARTS) is 1. The predicted octanol–water partition coefficient (Wildman–Crippen LogP) is 5.08. The molecule has 0 aliphatic carbocycles. The minimum atomic E-state index is -1.54. The van der Waals surface area contributed by atoms with Gasteiger partial charge < -0.3 is 19.8 Å². The van der Waals surface area contributed by atoms with Gasteiger partial charge in [-0.3, -0.25) is 4.79 Å². The van der Waals surface area contributed by atoms with E-state index in [0.29, 0.717) is 48.2 Å². The Bertz CT molecular complexity index is 1620. The van der Waals surface area contributed by atoms with E-state index in [1.54, 1.807) is 23.6 Å². The Kier molecular flexibility index (Phi) is 6.94. The monoisotopic (exact) mass is 582 g/mol. The fraction of sp³-hybridized carbons (Fsp3) is 0.433. The first-order valence-electron chi connectivity index (χ1n) is 13.6. The molecule has 9 nitrogen and oxygen atoms in total. The summed E-state index contributed by atoms with van der Waals surface area (Å²) in [7, 11) is 0. The summed E-state index contributed by atoms with van der Waals surface area (Å²) < 4.78 is 41.6. The lowest BCUT2D eigenvalue weighted by Gasteiger charge is -2.47. The first-order chi connectivity index (χ1) is 19.5. The van der Waals surface area contributed by atoms with Crippen LogP contribution in [0.1, 0.15) is 71.1 Å². The summed E-state index contributed by atoms with van der Waals surface area (Å²) in [4.78, 5) is 44.7. The second-order valence-corrected chi connectivity index (χ2v) is 12.3. The van der Waals surface area contributed by atoms with Gasteiger partial charge in [0.1, 0.15) is 11.5 Å². The molecule has 0 bridgehead atoms. The number of nitrogens with zero attached hydrogens (tertiary/aromatic N) is 6. The number of fused-ring (bicyclic) bond motifs is 1. The maximum absolute atomic E-state index is 14.0. The zero-order valence-electron chi connectivity index (χ0n) is 24.6. The van der Waals surface area contributed by atoms with E-state index in [-0.39, 0.29) is 29.4 Å². The third kappa shape index (κ3) is 4.72. The zero-order chi connectivity index (χ0) is 30.9. The van der Waals surface area contributed by atoms with E-state index in [1.807, 2.05) is 34.6 Å². The summed E-state index contributed by atoms with van der Waals surface area (Å²) in [6, 6.07) is 1.84. The van der Waals surface area contributed by atoms with Crippen LogP contribution in [0.3, 0.4) is 0 Å². The van der Waals surface area contributed by atoms with E-state index >= 15 is 0 Å². The van der Waals surface area contributed by atoms with Gasteiger partial charge in [0.25, 0.3) is 5.91 Å². The Balaban J connectivity index is 1.42. The predicted molar refractivity (Wildman–Crippen MR) is 151 cm³/mol. The summed E-state index contributed by atoms with van der Waals surface area (Å²) in [6.07, 6.45) is 1.36. The molecule has 42 heavy (non-hydrogen) atoms. The normalized spacial score (nSPS) is 17.4. The molecule has 0 spiro atoms. The maximum Gasteiger partial charge on any atom is 0.337 e. The fourth-order valence-electron chi connectivity index (χ4n) is 5.99. The van der Waals surface area contributed by atoms with Crippen molar-refractivity contribution in [2.24, 2.45) is 0 Å². The average molecular weight is 583 g/mol. The molecule has 5 rings (SSSR count). The van der Waals surface area contributed by atoms with E-state index in [0.717, 1.165) is 17.7 Å². The van der Waals surface area contributed by atoms with Gasteiger partial charge in [-0.2, -0.15) is 0 Å². The number of aromatic carboxylic acids is 1. The Hall–Kier alpha value is -4.22. The molecule has 2 aromatic heterocycles. The Labute approximate surface area is 242 Å². The first-order valence-corrected chi connectivity index (χ1v) is 13.6. The molecule has 222 valence electrons. The minimum absolute atomic E-state index is 0.106. The summed E-state index contributed by atoms with van der Waals surface area (Å²) in [5.74, 6) is -4.41. The molecular formula is C30H33F3N6O3. The van der Waals surface area contributed by atoms with E-state index in [2.05, 4.69) is 19.9 Å². The van der Waals surface area contributed by atoms with Crippen LogP contribution in [0.4, 0.5) is 30.5 Å². The van der Waals surface area contributed by atoms with Crippen molar-refractivity contribution in [3.8, 4) is 0 Å². The molecule has 1 N–H and O–H groups in total. The van der Waals surface area contributed by atoms with Crippen LogP contribution in [-0.2, 0) is 5.41 Å². The number of aromatic nitrogens is 3. The second kappa shape index (κ2) is 9.95. The SMILES string of the molecule is Cc1nc(N2CCN(C(=O)c3cnc4c(n3)C(C)(C)CN4c3cc(F)c(F)c(F)c3)C(C)(C)C2)c(C)c(C)c1C(=O)O. The number of halogens is 3. The Morgan fingerprint density at radius 2 is 1.55 bits per heavy atom. The summed E-state index contributed by atoms with van der Waals surface area (Å²) in [5.41, 5.74) is 1.59. The van der Waals surface area contributed by atoms with Crippen molar-refractivity contribution in [1.29, 1.82) is 0 Å². The van der Waals surface area contributed by atoms with Gasteiger partial charge in [-0.05, 0) is 45.7 Å². The number of hydrogen-bond acceptors (Lipinski definition) is 7. The third-order valence-corrected chi connectivity index (χ3v) is 8.27. The number of pyridine rings is 1. The molecule has 1 aromatic carbocycles. The van der Waals surface area contributed by atoms with Crippen LogP contribution in [0.25, 0.3) is 0 Å². The van der Waals surface area contributed by atoms with Crippen LogP contribution in [0.2, 0.25) is 0 Å². The van der Waals surface area contributed by atoms with Gasteiger partial charge in [0.15, 0.2) is 23.3 Å². The number of rotatable bonds is 4. The van der Waals surface area contributed by atoms with Crippen molar-refractivity contribution in [2.75, 3.05) is 36.0 Å². The Morgan fingerprint density at radius 1 is 0.905 bits per heavy atom. The number of aryl methyl sites for hydroxylation is 1. The van der Waals surface area contributed by atoms with Crippen LogP contribution in [0.15, 0.2) is 18.3 Å². The highest BCUT2D eigenvalue weighted by Gasteiger charge is 2.42. The molecule has 1 fully saturated rings. The molecule has 2 aliphatic rings. The summed E-state index contributed by atoms with van der Waals surface area (Å²) >= 11 is 0. The van der Waals surface area contributed by atoms with E-state index in [1.165, 1.54) is 6.20 Å². The average Bonchev–Trinajstić information content (AvgIpc) is 3.18. The number of piperazine rings is 1. The largest absolute Gasteiger partial charge is 0.478 e. The van der Waals surface area contributed by atoms with Crippen LogP contribution in [0.5, 0.6) is 0 Å². The maximum atomic E-state index is 14.0. The molecule has 1 amide bonds. The highest BCUT2D eigenvalue weighted by Crippen LogP contribution is 2.42. The molecule has 0 saturated carbocycles. The standard InChI is InChI=1S/C30H33F3N6O3/c1-15-16(2)25(35-17(3)22(15)28(41)42)37-8-9-39(30(6,7)14-37)27(40)21-12-34-26-24(36-21)29(4,5)13-38(26)18-10-19(31)23(33)20(32)11-18/h10-12H,8-9,13-14H2,1-7H3,(H,41,42). The number of carboxylic acids is 1. The van der Waals surface area contributed by atoms with Gasteiger partial charge >= 0.3 is 5.97 Å². The van der Waals surface area contributed by atoms with Crippen molar-refractivity contribution >= 4 is 29.2 Å². The number of amides is 1. The van der Waals surface area contributed by atoms with Gasteiger partial charge in [-0.15, -0.1) is 0 Å². The van der Waals surface area contributed by atoms with Gasteiger partial charge in [-0.25, -0.2) is 32.9 Å². The smallest absolute Gasteiger partial charge is 0.337 e. The van der Waals surface area contributed by atoms with E-state index in [4.69, 9.17) is 0 Å². The number of benzene rings is 1. The molecule has 0 radical (unpaired) electrons. The summed E-state index contributed by atoms with van der Waals surface area (Å²) in [5, 5.41) is 9.60. The molecule has 3 aromatic rings. The Morgan fingerprint density at radius 3 is 2.14 bits per heavy atom.